The number of aliphatic carboxylic acids is 1. The van der Waals surface area contributed by atoms with Crippen molar-refractivity contribution < 1.29 is 24.3 Å². The molecule has 3 fully saturated rings. The van der Waals surface area contributed by atoms with Crippen molar-refractivity contribution in [3.8, 4) is 0 Å². The van der Waals surface area contributed by atoms with Gasteiger partial charge in [-0.3, -0.25) is 4.79 Å². The molecular weight excluding hydrogens is 316 g/mol. The van der Waals surface area contributed by atoms with Gasteiger partial charge in [0.15, 0.2) is 0 Å². The monoisotopic (exact) mass is 342 g/mol. The fraction of sp³-hybridized carbons (Fsp3) is 0.875. The molecule has 1 N–H and O–H groups in total. The summed E-state index contributed by atoms with van der Waals surface area (Å²) in [6, 6.07) is -0.789. The highest BCUT2D eigenvalue weighted by Gasteiger charge is 2.60. The number of hydrogen-bond donors (Lipinski definition) is 1. The molecule has 0 radical (unpaired) electrons. The molecule has 2 aliphatic heterocycles. The van der Waals surface area contributed by atoms with E-state index in [9.17, 15) is 14.7 Å². The number of carbonyl (C=O) groups excluding carboxylic acids is 2. The van der Waals surface area contributed by atoms with Gasteiger partial charge in [-0.05, 0) is 25.2 Å². The molecule has 0 aromatic rings. The van der Waals surface area contributed by atoms with Gasteiger partial charge in [-0.15, -0.1) is 11.8 Å². The van der Waals surface area contributed by atoms with E-state index >= 15 is 0 Å². The van der Waals surface area contributed by atoms with Crippen LogP contribution in [0.2, 0.25) is 0 Å². The van der Waals surface area contributed by atoms with E-state index < -0.39 is 12.0 Å². The maximum absolute atomic E-state index is 12.2. The van der Waals surface area contributed by atoms with E-state index in [4.69, 9.17) is 5.11 Å². The van der Waals surface area contributed by atoms with Crippen LogP contribution in [0.1, 0.15) is 19.3 Å². The number of rotatable bonds is 6. The lowest BCUT2D eigenvalue weighted by Crippen LogP contribution is -2.64. The molecule has 1 aliphatic carbocycles. The Balaban J connectivity index is 1.64. The first kappa shape index (κ1) is 17.0. The van der Waals surface area contributed by atoms with Crippen molar-refractivity contribution in [2.75, 3.05) is 34.3 Å². The van der Waals surface area contributed by atoms with Gasteiger partial charge in [0.05, 0.1) is 51.0 Å². The van der Waals surface area contributed by atoms with Gasteiger partial charge in [-0.25, -0.2) is 0 Å². The number of carboxylic acid groups (broad SMARTS) is 1. The zero-order valence-electron chi connectivity index (χ0n) is 14.0. The number of aliphatic hydroxyl groups excluding tert-OH is 1. The molecule has 1 saturated carbocycles. The largest absolute Gasteiger partial charge is 0.548 e. The van der Waals surface area contributed by atoms with Crippen molar-refractivity contribution in [1.82, 2.24) is 4.90 Å². The highest BCUT2D eigenvalue weighted by molar-refractivity contribution is 8.01. The topological polar surface area (TPSA) is 80.7 Å². The maximum atomic E-state index is 12.2. The summed E-state index contributed by atoms with van der Waals surface area (Å²) in [7, 11) is 6.52. The highest BCUT2D eigenvalue weighted by atomic mass is 32.2. The average molecular weight is 342 g/mol. The Hall–Kier alpha value is -0.790. The zero-order valence-corrected chi connectivity index (χ0v) is 14.8. The number of carbonyl (C=O) groups is 2. The zero-order chi connectivity index (χ0) is 16.9. The van der Waals surface area contributed by atoms with Gasteiger partial charge in [0.2, 0.25) is 5.91 Å². The minimum absolute atomic E-state index is 0.0308. The molecule has 6 nitrogen and oxygen atoms in total. The van der Waals surface area contributed by atoms with Crippen molar-refractivity contribution in [3.05, 3.63) is 0 Å². The fourth-order valence-corrected chi connectivity index (χ4v) is 6.37. The molecule has 0 spiro atoms. The van der Waals surface area contributed by atoms with Gasteiger partial charge in [0.25, 0.3) is 0 Å². The van der Waals surface area contributed by atoms with E-state index in [-0.39, 0.29) is 29.1 Å². The van der Waals surface area contributed by atoms with Crippen LogP contribution >= 0.6 is 11.8 Å². The first-order chi connectivity index (χ1) is 10.7. The Morgan fingerprint density at radius 3 is 2.57 bits per heavy atom. The number of fused-ring (bicyclic) bond motifs is 1. The molecule has 7 heteroatoms. The standard InChI is InChI=1S/C16H26N2O4S/c1-18(2,3)8-9-6-10(7-9)13-12(16(21)22)17-14(20)11(4-5-19)15(17)23-13/h9-13,15,19H,4-8H2,1-3H3/t9?,10?,11-,12?,13?,15?/m0/s1. The van der Waals surface area contributed by atoms with Crippen LogP contribution < -0.4 is 5.11 Å². The molecule has 3 unspecified atom stereocenters. The number of carboxylic acids is 1. The van der Waals surface area contributed by atoms with E-state index in [0.29, 0.717) is 18.3 Å². The van der Waals surface area contributed by atoms with Crippen LogP contribution in [-0.4, -0.2) is 77.3 Å². The third kappa shape index (κ3) is 2.98. The minimum atomic E-state index is -1.13. The van der Waals surface area contributed by atoms with Crippen LogP contribution in [0.15, 0.2) is 0 Å². The summed E-state index contributed by atoms with van der Waals surface area (Å²) in [6.45, 7) is 1.07. The first-order valence-corrected chi connectivity index (χ1v) is 9.27. The van der Waals surface area contributed by atoms with Gasteiger partial charge in [-0.1, -0.05) is 0 Å². The Labute approximate surface area is 141 Å². The fourth-order valence-electron chi connectivity index (χ4n) is 4.40. The molecule has 4 atom stereocenters. The average Bonchev–Trinajstić information content (AvgIpc) is 2.74. The summed E-state index contributed by atoms with van der Waals surface area (Å²) < 4.78 is 0.922. The molecular formula is C16H26N2O4S. The third-order valence-electron chi connectivity index (χ3n) is 5.32. The van der Waals surface area contributed by atoms with Crippen molar-refractivity contribution in [1.29, 1.82) is 0 Å². The summed E-state index contributed by atoms with van der Waals surface area (Å²) in [5.74, 6) is -0.488. The van der Waals surface area contributed by atoms with Crippen LogP contribution in [0.25, 0.3) is 0 Å². The normalized spacial score (nSPS) is 39.7. The molecule has 23 heavy (non-hydrogen) atoms. The Kier molecular flexibility index (Phi) is 4.40. The molecule has 3 rings (SSSR count). The highest BCUT2D eigenvalue weighted by Crippen LogP contribution is 2.54. The molecule has 1 amide bonds. The Bertz CT molecular complexity index is 501. The SMILES string of the molecule is C[N+](C)(C)CC1CC(C2SC3[C@@H](CCO)C(=O)N3C2C(=O)[O-])C1. The van der Waals surface area contributed by atoms with Crippen LogP contribution in [0.5, 0.6) is 0 Å². The number of aliphatic hydroxyl groups is 1. The molecule has 0 bridgehead atoms. The number of nitrogens with zero attached hydrogens (tertiary/aromatic N) is 2. The molecule has 2 saturated heterocycles. The number of hydrogen-bond acceptors (Lipinski definition) is 5. The molecule has 0 aromatic heterocycles. The van der Waals surface area contributed by atoms with Crippen molar-refractivity contribution >= 4 is 23.6 Å². The minimum Gasteiger partial charge on any atom is -0.548 e. The predicted octanol–water partition coefficient (Wildman–Crippen LogP) is -0.880. The van der Waals surface area contributed by atoms with Crippen LogP contribution in [0.4, 0.5) is 0 Å². The second-order valence-corrected chi connectivity index (χ2v) is 9.49. The third-order valence-corrected chi connectivity index (χ3v) is 7.11. The van der Waals surface area contributed by atoms with E-state index in [0.717, 1.165) is 23.9 Å². The molecule has 2 heterocycles. The predicted molar refractivity (Wildman–Crippen MR) is 85.1 cm³/mol. The lowest BCUT2D eigenvalue weighted by molar-refractivity contribution is -0.874. The van der Waals surface area contributed by atoms with Gasteiger partial charge in [0.1, 0.15) is 0 Å². The van der Waals surface area contributed by atoms with Crippen molar-refractivity contribution in [3.63, 3.8) is 0 Å². The van der Waals surface area contributed by atoms with Crippen LogP contribution in [0.3, 0.4) is 0 Å². The van der Waals surface area contributed by atoms with E-state index in [1.807, 2.05) is 0 Å². The maximum Gasteiger partial charge on any atom is 0.230 e. The smallest absolute Gasteiger partial charge is 0.230 e. The molecule has 0 aromatic carbocycles. The summed E-state index contributed by atoms with van der Waals surface area (Å²) in [4.78, 5) is 25.3. The summed E-state index contributed by atoms with van der Waals surface area (Å²) in [5.41, 5.74) is 0. The second-order valence-electron chi connectivity index (χ2n) is 8.19. The van der Waals surface area contributed by atoms with Gasteiger partial charge < -0.3 is 24.4 Å². The van der Waals surface area contributed by atoms with Gasteiger partial charge >= 0.3 is 0 Å². The van der Waals surface area contributed by atoms with Crippen molar-refractivity contribution in [2.45, 2.75) is 35.9 Å². The number of thioether (sulfide) groups is 1. The van der Waals surface area contributed by atoms with Crippen LogP contribution in [-0.2, 0) is 9.59 Å². The molecule has 3 aliphatic rings. The quantitative estimate of drug-likeness (QED) is 0.501. The number of amides is 1. The molecule has 130 valence electrons. The van der Waals surface area contributed by atoms with Gasteiger partial charge in [0, 0.05) is 17.8 Å². The lowest BCUT2D eigenvalue weighted by atomic mass is 9.71. The van der Waals surface area contributed by atoms with E-state index in [2.05, 4.69) is 21.1 Å². The first-order valence-electron chi connectivity index (χ1n) is 8.32. The number of quaternary nitrogens is 1. The lowest BCUT2D eigenvalue weighted by Gasteiger charge is -2.46. The van der Waals surface area contributed by atoms with Crippen LogP contribution in [0, 0.1) is 17.8 Å². The van der Waals surface area contributed by atoms with E-state index in [1.165, 1.54) is 4.90 Å². The summed E-state index contributed by atoms with van der Waals surface area (Å²) in [5, 5.41) is 20.5. The second kappa shape index (κ2) is 5.93. The van der Waals surface area contributed by atoms with Gasteiger partial charge in [-0.2, -0.15) is 0 Å². The summed E-state index contributed by atoms with van der Waals surface area (Å²) >= 11 is 1.62. The van der Waals surface area contributed by atoms with Crippen molar-refractivity contribution in [2.24, 2.45) is 17.8 Å². The number of β-lactam (4-membered cyclic amide) rings is 1. The summed E-state index contributed by atoms with van der Waals surface area (Å²) in [6.07, 6.45) is 2.50. The Morgan fingerprint density at radius 2 is 2.04 bits per heavy atom. The Morgan fingerprint density at radius 1 is 1.39 bits per heavy atom. The van der Waals surface area contributed by atoms with E-state index in [1.54, 1.807) is 11.8 Å².